The SMILES string of the molecule is O=Cc1cc(CN2CCOCC2)c2ccccc2n1. The number of carbonyl (C=O) groups excluding carboxylic acids is 1. The van der Waals surface area contributed by atoms with Gasteiger partial charge in [-0.15, -0.1) is 0 Å². The molecule has 2 aromatic rings. The Hall–Kier alpha value is -1.78. The summed E-state index contributed by atoms with van der Waals surface area (Å²) < 4.78 is 5.36. The number of carbonyl (C=O) groups is 1. The van der Waals surface area contributed by atoms with Crippen molar-refractivity contribution in [3.8, 4) is 0 Å². The van der Waals surface area contributed by atoms with E-state index in [4.69, 9.17) is 4.74 Å². The van der Waals surface area contributed by atoms with Gasteiger partial charge in [-0.2, -0.15) is 0 Å². The molecule has 19 heavy (non-hydrogen) atoms. The van der Waals surface area contributed by atoms with Crippen LogP contribution < -0.4 is 0 Å². The Kier molecular flexibility index (Phi) is 3.53. The van der Waals surface area contributed by atoms with Crippen LogP contribution in [-0.2, 0) is 11.3 Å². The van der Waals surface area contributed by atoms with Gasteiger partial charge in [0.15, 0.2) is 6.29 Å². The molecule has 0 saturated carbocycles. The summed E-state index contributed by atoms with van der Waals surface area (Å²) in [6.45, 7) is 4.28. The fourth-order valence-electron chi connectivity index (χ4n) is 2.46. The van der Waals surface area contributed by atoms with Crippen molar-refractivity contribution in [2.45, 2.75) is 6.54 Å². The number of pyridine rings is 1. The highest BCUT2D eigenvalue weighted by atomic mass is 16.5. The lowest BCUT2D eigenvalue weighted by Gasteiger charge is -2.27. The molecule has 2 heterocycles. The second-order valence-corrected chi connectivity index (χ2v) is 4.73. The van der Waals surface area contributed by atoms with Gasteiger partial charge in [-0.3, -0.25) is 9.69 Å². The van der Waals surface area contributed by atoms with Crippen molar-refractivity contribution in [1.29, 1.82) is 0 Å². The molecule has 0 aliphatic carbocycles. The van der Waals surface area contributed by atoms with Crippen LogP contribution in [0.25, 0.3) is 10.9 Å². The Morgan fingerprint density at radius 1 is 1.26 bits per heavy atom. The number of aldehydes is 1. The fourth-order valence-corrected chi connectivity index (χ4v) is 2.46. The molecule has 0 unspecified atom stereocenters. The number of fused-ring (bicyclic) bond motifs is 1. The van der Waals surface area contributed by atoms with Gasteiger partial charge < -0.3 is 4.74 Å². The third kappa shape index (κ3) is 2.64. The molecule has 0 atom stereocenters. The van der Waals surface area contributed by atoms with E-state index in [-0.39, 0.29) is 0 Å². The van der Waals surface area contributed by atoms with E-state index >= 15 is 0 Å². The summed E-state index contributed by atoms with van der Waals surface area (Å²) >= 11 is 0. The van der Waals surface area contributed by atoms with Crippen LogP contribution in [0.5, 0.6) is 0 Å². The van der Waals surface area contributed by atoms with Gasteiger partial charge in [0.05, 0.1) is 18.7 Å². The molecule has 0 radical (unpaired) electrons. The summed E-state index contributed by atoms with van der Waals surface area (Å²) in [5.41, 5.74) is 2.55. The number of aromatic nitrogens is 1. The molecule has 0 N–H and O–H groups in total. The molecule has 1 aliphatic heterocycles. The highest BCUT2D eigenvalue weighted by Crippen LogP contribution is 2.20. The molecule has 3 rings (SSSR count). The van der Waals surface area contributed by atoms with E-state index in [0.29, 0.717) is 5.69 Å². The summed E-state index contributed by atoms with van der Waals surface area (Å²) in [4.78, 5) is 17.7. The normalized spacial score (nSPS) is 16.6. The quantitative estimate of drug-likeness (QED) is 0.786. The zero-order chi connectivity index (χ0) is 13.1. The summed E-state index contributed by atoms with van der Waals surface area (Å²) in [6, 6.07) is 9.86. The maximum atomic E-state index is 11.0. The van der Waals surface area contributed by atoms with Crippen LogP contribution in [0.4, 0.5) is 0 Å². The summed E-state index contributed by atoms with van der Waals surface area (Å²) in [6.07, 6.45) is 0.815. The van der Waals surface area contributed by atoms with Gasteiger partial charge in [0.1, 0.15) is 5.69 Å². The Bertz CT molecular complexity index is 592. The lowest BCUT2D eigenvalue weighted by atomic mass is 10.1. The van der Waals surface area contributed by atoms with Gasteiger partial charge in [-0.05, 0) is 17.7 Å². The molecule has 1 aliphatic rings. The Labute approximate surface area is 112 Å². The standard InChI is InChI=1S/C15H16N2O2/c18-11-13-9-12(10-17-5-7-19-8-6-17)14-3-1-2-4-15(14)16-13/h1-4,9,11H,5-8,10H2. The number of hydrogen-bond acceptors (Lipinski definition) is 4. The zero-order valence-corrected chi connectivity index (χ0v) is 10.7. The van der Waals surface area contributed by atoms with Crippen LogP contribution >= 0.6 is 0 Å². The first-order valence-corrected chi connectivity index (χ1v) is 6.51. The minimum atomic E-state index is 0.502. The van der Waals surface area contributed by atoms with Gasteiger partial charge in [-0.1, -0.05) is 18.2 Å². The molecule has 0 bridgehead atoms. The van der Waals surface area contributed by atoms with E-state index in [1.165, 1.54) is 0 Å². The van der Waals surface area contributed by atoms with E-state index < -0.39 is 0 Å². The van der Waals surface area contributed by atoms with Gasteiger partial charge in [0.25, 0.3) is 0 Å². The summed E-state index contributed by atoms with van der Waals surface area (Å²) in [5, 5.41) is 1.12. The van der Waals surface area contributed by atoms with E-state index in [9.17, 15) is 4.79 Å². The minimum Gasteiger partial charge on any atom is -0.379 e. The lowest BCUT2D eigenvalue weighted by Crippen LogP contribution is -2.35. The smallest absolute Gasteiger partial charge is 0.168 e. The van der Waals surface area contributed by atoms with E-state index in [1.807, 2.05) is 24.3 Å². The average Bonchev–Trinajstić information content (AvgIpc) is 2.48. The van der Waals surface area contributed by atoms with Gasteiger partial charge in [0, 0.05) is 25.0 Å². The lowest BCUT2D eigenvalue weighted by molar-refractivity contribution is 0.0343. The zero-order valence-electron chi connectivity index (χ0n) is 10.7. The molecular formula is C15H16N2O2. The molecule has 1 fully saturated rings. The minimum absolute atomic E-state index is 0.502. The predicted octanol–water partition coefficient (Wildman–Crippen LogP) is 1.88. The van der Waals surface area contributed by atoms with E-state index in [1.54, 1.807) is 0 Å². The Balaban J connectivity index is 1.98. The van der Waals surface area contributed by atoms with Crippen molar-refractivity contribution in [1.82, 2.24) is 9.88 Å². The monoisotopic (exact) mass is 256 g/mol. The maximum absolute atomic E-state index is 11.0. The third-order valence-electron chi connectivity index (χ3n) is 3.44. The van der Waals surface area contributed by atoms with Crippen molar-refractivity contribution in [3.05, 3.63) is 41.6 Å². The van der Waals surface area contributed by atoms with Gasteiger partial charge in [0.2, 0.25) is 0 Å². The first kappa shape index (κ1) is 12.3. The Morgan fingerprint density at radius 3 is 2.84 bits per heavy atom. The maximum Gasteiger partial charge on any atom is 0.168 e. The van der Waals surface area contributed by atoms with Crippen LogP contribution in [0.1, 0.15) is 16.1 Å². The van der Waals surface area contributed by atoms with Crippen LogP contribution in [0.3, 0.4) is 0 Å². The largest absolute Gasteiger partial charge is 0.379 e. The average molecular weight is 256 g/mol. The first-order valence-electron chi connectivity index (χ1n) is 6.51. The number of nitrogens with zero attached hydrogens (tertiary/aromatic N) is 2. The molecule has 1 aromatic heterocycles. The van der Waals surface area contributed by atoms with Gasteiger partial charge >= 0.3 is 0 Å². The second kappa shape index (κ2) is 5.47. The third-order valence-corrected chi connectivity index (χ3v) is 3.44. The summed E-state index contributed by atoms with van der Waals surface area (Å²) in [7, 11) is 0. The number of hydrogen-bond donors (Lipinski definition) is 0. The van der Waals surface area contributed by atoms with Crippen molar-refractivity contribution in [3.63, 3.8) is 0 Å². The number of rotatable bonds is 3. The Morgan fingerprint density at radius 2 is 2.05 bits per heavy atom. The molecule has 0 spiro atoms. The number of para-hydroxylation sites is 1. The van der Waals surface area contributed by atoms with E-state index in [2.05, 4.69) is 16.0 Å². The van der Waals surface area contributed by atoms with Crippen LogP contribution in [0.15, 0.2) is 30.3 Å². The summed E-state index contributed by atoms with van der Waals surface area (Å²) in [5.74, 6) is 0. The molecule has 4 nitrogen and oxygen atoms in total. The number of morpholine rings is 1. The van der Waals surface area contributed by atoms with Crippen LogP contribution in [-0.4, -0.2) is 42.5 Å². The van der Waals surface area contributed by atoms with Crippen LogP contribution in [0, 0.1) is 0 Å². The molecule has 1 aromatic carbocycles. The van der Waals surface area contributed by atoms with Crippen molar-refractivity contribution >= 4 is 17.2 Å². The highest BCUT2D eigenvalue weighted by Gasteiger charge is 2.13. The van der Waals surface area contributed by atoms with E-state index in [0.717, 1.165) is 55.6 Å². The number of ether oxygens (including phenoxy) is 1. The molecule has 1 saturated heterocycles. The van der Waals surface area contributed by atoms with Crippen molar-refractivity contribution in [2.24, 2.45) is 0 Å². The van der Waals surface area contributed by atoms with Crippen molar-refractivity contribution < 1.29 is 9.53 Å². The van der Waals surface area contributed by atoms with Gasteiger partial charge in [-0.25, -0.2) is 4.98 Å². The fraction of sp³-hybridized carbons (Fsp3) is 0.333. The molecular weight excluding hydrogens is 240 g/mol. The van der Waals surface area contributed by atoms with Crippen LogP contribution in [0.2, 0.25) is 0 Å². The highest BCUT2D eigenvalue weighted by molar-refractivity contribution is 5.86. The first-order chi connectivity index (χ1) is 9.36. The molecule has 4 heteroatoms. The molecule has 98 valence electrons. The molecule has 0 amide bonds. The second-order valence-electron chi connectivity index (χ2n) is 4.73. The topological polar surface area (TPSA) is 42.4 Å². The number of benzene rings is 1. The van der Waals surface area contributed by atoms with Crippen molar-refractivity contribution in [2.75, 3.05) is 26.3 Å². The predicted molar refractivity (Wildman–Crippen MR) is 73.2 cm³/mol.